The van der Waals surface area contributed by atoms with E-state index in [-0.39, 0.29) is 11.9 Å². The summed E-state index contributed by atoms with van der Waals surface area (Å²) in [6.45, 7) is 9.23. The third-order valence-electron chi connectivity index (χ3n) is 5.87. The minimum Gasteiger partial charge on any atom is -0.492 e. The lowest BCUT2D eigenvalue weighted by atomic mass is 10.1. The first kappa shape index (κ1) is 21.6. The fraction of sp³-hybridized carbons (Fsp3) is 0.259. The topological polar surface area (TPSA) is 56.1 Å². The number of nitrogens with zero attached hydrogens (tertiary/aromatic N) is 2. The number of rotatable bonds is 7. The molecule has 164 valence electrons. The van der Waals surface area contributed by atoms with Crippen molar-refractivity contribution in [1.29, 1.82) is 0 Å². The van der Waals surface area contributed by atoms with Crippen molar-refractivity contribution in [1.82, 2.24) is 14.9 Å². The molecule has 0 aliphatic heterocycles. The Bertz CT molecular complexity index is 1260. The Morgan fingerprint density at radius 3 is 2.50 bits per heavy atom. The highest BCUT2D eigenvalue weighted by Crippen LogP contribution is 2.22. The van der Waals surface area contributed by atoms with Gasteiger partial charge in [-0.1, -0.05) is 36.4 Å². The maximum atomic E-state index is 12.9. The molecule has 1 heterocycles. The second kappa shape index (κ2) is 9.27. The summed E-state index contributed by atoms with van der Waals surface area (Å²) < 4.78 is 8.17. The Hall–Kier alpha value is -3.60. The molecule has 3 aromatic carbocycles. The normalized spacial score (nSPS) is 12.0. The van der Waals surface area contributed by atoms with Gasteiger partial charge in [0.25, 0.3) is 5.91 Å². The summed E-state index contributed by atoms with van der Waals surface area (Å²) in [5.74, 6) is 1.58. The van der Waals surface area contributed by atoms with Crippen molar-refractivity contribution in [2.75, 3.05) is 6.61 Å². The summed E-state index contributed by atoms with van der Waals surface area (Å²) in [7, 11) is 0. The Labute approximate surface area is 189 Å². The standard InChI is InChI=1S/C27H29N3O2/c1-18-13-14-22(17-20(18)3)32-16-15-30-25-12-8-7-11-24(25)29-26(30)21(4)28-27(31)23-10-6-5-9-19(23)2/h5-14,17,21H,15-16H2,1-4H3,(H,28,31). The number of para-hydroxylation sites is 2. The third-order valence-corrected chi connectivity index (χ3v) is 5.87. The molecule has 1 N–H and O–H groups in total. The number of carbonyl (C=O) groups is 1. The van der Waals surface area contributed by atoms with E-state index in [4.69, 9.17) is 9.72 Å². The average molecular weight is 428 g/mol. The van der Waals surface area contributed by atoms with Crippen molar-refractivity contribution < 1.29 is 9.53 Å². The molecule has 0 radical (unpaired) electrons. The van der Waals surface area contributed by atoms with Gasteiger partial charge in [0, 0.05) is 5.56 Å². The van der Waals surface area contributed by atoms with Crippen molar-refractivity contribution >= 4 is 16.9 Å². The van der Waals surface area contributed by atoms with Gasteiger partial charge in [-0.25, -0.2) is 4.98 Å². The summed E-state index contributed by atoms with van der Waals surface area (Å²) in [6.07, 6.45) is 0. The molecule has 0 spiro atoms. The summed E-state index contributed by atoms with van der Waals surface area (Å²) >= 11 is 0. The zero-order valence-corrected chi connectivity index (χ0v) is 19.1. The zero-order chi connectivity index (χ0) is 22.7. The molecular formula is C27H29N3O2. The van der Waals surface area contributed by atoms with Crippen LogP contribution in [-0.4, -0.2) is 22.1 Å². The fourth-order valence-electron chi connectivity index (χ4n) is 3.88. The quantitative estimate of drug-likeness (QED) is 0.422. The summed E-state index contributed by atoms with van der Waals surface area (Å²) in [5, 5.41) is 3.11. The number of aryl methyl sites for hydroxylation is 3. The first-order valence-corrected chi connectivity index (χ1v) is 11.0. The van der Waals surface area contributed by atoms with Crippen LogP contribution in [0.1, 0.15) is 45.8 Å². The number of nitrogens with one attached hydrogen (secondary N) is 1. The molecule has 1 unspecified atom stereocenters. The van der Waals surface area contributed by atoms with Gasteiger partial charge in [0.2, 0.25) is 0 Å². The number of amides is 1. The molecule has 1 atom stereocenters. The number of hydrogen-bond acceptors (Lipinski definition) is 3. The van der Waals surface area contributed by atoms with Gasteiger partial charge in [-0.3, -0.25) is 4.79 Å². The molecule has 1 amide bonds. The van der Waals surface area contributed by atoms with E-state index in [0.717, 1.165) is 28.2 Å². The molecule has 0 saturated heterocycles. The van der Waals surface area contributed by atoms with Crippen LogP contribution in [0.25, 0.3) is 11.0 Å². The van der Waals surface area contributed by atoms with E-state index in [0.29, 0.717) is 18.7 Å². The predicted octanol–water partition coefficient (Wildman–Crippen LogP) is 5.53. The molecule has 0 aliphatic carbocycles. The lowest BCUT2D eigenvalue weighted by molar-refractivity contribution is 0.0937. The highest BCUT2D eigenvalue weighted by atomic mass is 16.5. The van der Waals surface area contributed by atoms with Gasteiger partial charge in [-0.2, -0.15) is 0 Å². The number of imidazole rings is 1. The van der Waals surface area contributed by atoms with E-state index < -0.39 is 0 Å². The van der Waals surface area contributed by atoms with Crippen molar-refractivity contribution in [3.05, 3.63) is 94.8 Å². The smallest absolute Gasteiger partial charge is 0.252 e. The molecule has 0 bridgehead atoms. The summed E-state index contributed by atoms with van der Waals surface area (Å²) in [6, 6.07) is 21.5. The van der Waals surface area contributed by atoms with E-state index in [1.807, 2.05) is 62.4 Å². The van der Waals surface area contributed by atoms with Crippen LogP contribution in [-0.2, 0) is 6.54 Å². The molecule has 0 aliphatic rings. The number of hydrogen-bond donors (Lipinski definition) is 1. The monoisotopic (exact) mass is 427 g/mol. The van der Waals surface area contributed by atoms with E-state index in [1.165, 1.54) is 11.1 Å². The molecule has 4 aromatic rings. The van der Waals surface area contributed by atoms with Gasteiger partial charge in [-0.15, -0.1) is 0 Å². The molecule has 5 nitrogen and oxygen atoms in total. The second-order valence-electron chi connectivity index (χ2n) is 8.21. The minimum atomic E-state index is -0.254. The summed E-state index contributed by atoms with van der Waals surface area (Å²) in [5.41, 5.74) is 6.03. The number of carbonyl (C=O) groups excluding carboxylic acids is 1. The van der Waals surface area contributed by atoms with Crippen LogP contribution in [0.2, 0.25) is 0 Å². The van der Waals surface area contributed by atoms with Crippen LogP contribution < -0.4 is 10.1 Å². The number of aromatic nitrogens is 2. The molecule has 0 saturated carbocycles. The number of benzene rings is 3. The zero-order valence-electron chi connectivity index (χ0n) is 19.1. The van der Waals surface area contributed by atoms with Crippen LogP contribution in [0.5, 0.6) is 5.75 Å². The van der Waals surface area contributed by atoms with Crippen LogP contribution in [0.15, 0.2) is 66.7 Å². The van der Waals surface area contributed by atoms with E-state index in [2.05, 4.69) is 41.9 Å². The number of ether oxygens (including phenoxy) is 1. The second-order valence-corrected chi connectivity index (χ2v) is 8.21. The third kappa shape index (κ3) is 4.52. The molecule has 4 rings (SSSR count). The Balaban J connectivity index is 1.54. The van der Waals surface area contributed by atoms with Gasteiger partial charge < -0.3 is 14.6 Å². The predicted molar refractivity (Wildman–Crippen MR) is 128 cm³/mol. The van der Waals surface area contributed by atoms with E-state index >= 15 is 0 Å². The first-order valence-electron chi connectivity index (χ1n) is 11.0. The fourth-order valence-corrected chi connectivity index (χ4v) is 3.88. The van der Waals surface area contributed by atoms with Gasteiger partial charge >= 0.3 is 0 Å². The molecule has 32 heavy (non-hydrogen) atoms. The average Bonchev–Trinajstić information content (AvgIpc) is 3.15. The highest BCUT2D eigenvalue weighted by molar-refractivity contribution is 5.95. The largest absolute Gasteiger partial charge is 0.492 e. The van der Waals surface area contributed by atoms with Crippen LogP contribution in [0, 0.1) is 20.8 Å². The van der Waals surface area contributed by atoms with Gasteiger partial charge in [-0.05, 0) is 74.7 Å². The highest BCUT2D eigenvalue weighted by Gasteiger charge is 2.19. The Morgan fingerprint density at radius 1 is 0.969 bits per heavy atom. The Morgan fingerprint density at radius 2 is 1.72 bits per heavy atom. The van der Waals surface area contributed by atoms with Gasteiger partial charge in [0.1, 0.15) is 18.2 Å². The van der Waals surface area contributed by atoms with E-state index in [1.54, 1.807) is 0 Å². The van der Waals surface area contributed by atoms with Crippen molar-refractivity contribution in [3.8, 4) is 5.75 Å². The Kier molecular flexibility index (Phi) is 6.26. The van der Waals surface area contributed by atoms with Crippen molar-refractivity contribution in [2.45, 2.75) is 40.3 Å². The van der Waals surface area contributed by atoms with E-state index in [9.17, 15) is 4.79 Å². The molecule has 1 aromatic heterocycles. The maximum absolute atomic E-state index is 12.9. The van der Waals surface area contributed by atoms with Crippen molar-refractivity contribution in [3.63, 3.8) is 0 Å². The molecular weight excluding hydrogens is 398 g/mol. The first-order chi connectivity index (χ1) is 15.4. The van der Waals surface area contributed by atoms with Gasteiger partial charge in [0.15, 0.2) is 0 Å². The number of fused-ring (bicyclic) bond motifs is 1. The van der Waals surface area contributed by atoms with Crippen LogP contribution >= 0.6 is 0 Å². The SMILES string of the molecule is Cc1ccc(OCCn2c(C(C)NC(=O)c3ccccc3C)nc3ccccc32)cc1C. The maximum Gasteiger partial charge on any atom is 0.252 e. The lowest BCUT2D eigenvalue weighted by Gasteiger charge is -2.17. The molecule has 0 fully saturated rings. The van der Waals surface area contributed by atoms with Crippen LogP contribution in [0.3, 0.4) is 0 Å². The van der Waals surface area contributed by atoms with Crippen molar-refractivity contribution in [2.24, 2.45) is 0 Å². The molecule has 5 heteroatoms. The minimum absolute atomic E-state index is 0.0967. The van der Waals surface area contributed by atoms with Gasteiger partial charge in [0.05, 0.1) is 23.6 Å². The summed E-state index contributed by atoms with van der Waals surface area (Å²) in [4.78, 5) is 17.7. The lowest BCUT2D eigenvalue weighted by Crippen LogP contribution is -2.29. The van der Waals surface area contributed by atoms with Crippen LogP contribution in [0.4, 0.5) is 0 Å².